The van der Waals surface area contributed by atoms with Crippen LogP contribution in [0.2, 0.25) is 0 Å². The maximum Gasteiger partial charge on any atom is 0.167 e. The zero-order valence-corrected chi connectivity index (χ0v) is 16.1. The van der Waals surface area contributed by atoms with Gasteiger partial charge < -0.3 is 19.8 Å². The smallest absolute Gasteiger partial charge is 0.167 e. The largest absolute Gasteiger partial charge is 0.506 e. The molecule has 1 aliphatic carbocycles. The van der Waals surface area contributed by atoms with E-state index in [2.05, 4.69) is 9.88 Å². The van der Waals surface area contributed by atoms with Gasteiger partial charge in [0.25, 0.3) is 0 Å². The molecule has 2 aliphatic rings. The number of likely N-dealkylation sites (tertiary alicyclic amines) is 1. The fourth-order valence-electron chi connectivity index (χ4n) is 4.67. The number of aryl methyl sites for hydroxylation is 1. The fourth-order valence-corrected chi connectivity index (χ4v) is 4.67. The molecule has 28 heavy (non-hydrogen) atoms. The molecule has 1 saturated heterocycles. The molecule has 1 aromatic heterocycles. The fraction of sp³-hybridized carbons (Fsp3) is 0.500. The van der Waals surface area contributed by atoms with Gasteiger partial charge in [-0.3, -0.25) is 4.98 Å². The van der Waals surface area contributed by atoms with Crippen molar-refractivity contribution in [1.82, 2.24) is 9.88 Å². The Bertz CT molecular complexity index is 800. The van der Waals surface area contributed by atoms with E-state index in [1.165, 1.54) is 6.20 Å². The van der Waals surface area contributed by atoms with Crippen LogP contribution in [0.3, 0.4) is 0 Å². The summed E-state index contributed by atoms with van der Waals surface area (Å²) in [5.74, 6) is 1.27. The summed E-state index contributed by atoms with van der Waals surface area (Å²) in [6.07, 6.45) is 3.37. The van der Waals surface area contributed by atoms with Crippen LogP contribution in [0.1, 0.15) is 30.0 Å². The highest BCUT2D eigenvalue weighted by Crippen LogP contribution is 2.40. The molecule has 2 heterocycles. The molecule has 150 valence electrons. The molecule has 0 spiro atoms. The Hall–Kier alpha value is -2.18. The Morgan fingerprint density at radius 3 is 2.61 bits per heavy atom. The van der Waals surface area contributed by atoms with E-state index >= 15 is 0 Å². The first kappa shape index (κ1) is 19.2. The van der Waals surface area contributed by atoms with Crippen LogP contribution in [0.5, 0.6) is 11.5 Å². The van der Waals surface area contributed by atoms with Crippen LogP contribution in [-0.2, 0) is 0 Å². The number of aliphatic hydroxyl groups is 1. The predicted molar refractivity (Wildman–Crippen MR) is 104 cm³/mol. The van der Waals surface area contributed by atoms with E-state index in [1.807, 2.05) is 6.07 Å². The van der Waals surface area contributed by atoms with Crippen LogP contribution < -0.4 is 4.74 Å². The van der Waals surface area contributed by atoms with Crippen molar-refractivity contribution in [3.63, 3.8) is 0 Å². The number of halogens is 1. The summed E-state index contributed by atoms with van der Waals surface area (Å²) in [6, 6.07) is 8.67. The highest BCUT2D eigenvalue weighted by molar-refractivity contribution is 5.30. The number of rotatable bonds is 6. The molecule has 0 radical (unpaired) electrons. The number of hydrogen-bond donors (Lipinski definition) is 2. The molecule has 2 N–H and O–H groups in total. The van der Waals surface area contributed by atoms with E-state index in [4.69, 9.17) is 4.74 Å². The summed E-state index contributed by atoms with van der Waals surface area (Å²) >= 11 is 0. The van der Waals surface area contributed by atoms with Gasteiger partial charge >= 0.3 is 0 Å². The van der Waals surface area contributed by atoms with E-state index < -0.39 is 0 Å². The van der Waals surface area contributed by atoms with Crippen molar-refractivity contribution in [2.24, 2.45) is 11.8 Å². The quantitative estimate of drug-likeness (QED) is 0.799. The number of benzene rings is 1. The first-order valence-electron chi connectivity index (χ1n) is 9.93. The molecule has 2 aromatic rings. The highest BCUT2D eigenvalue weighted by Gasteiger charge is 2.42. The lowest BCUT2D eigenvalue weighted by Gasteiger charge is -2.24. The summed E-state index contributed by atoms with van der Waals surface area (Å²) in [7, 11) is 0. The van der Waals surface area contributed by atoms with E-state index in [-0.39, 0.29) is 30.2 Å². The Morgan fingerprint density at radius 1 is 1.21 bits per heavy atom. The van der Waals surface area contributed by atoms with Crippen molar-refractivity contribution in [2.45, 2.75) is 31.8 Å². The number of fused-ring (bicyclic) bond motifs is 1. The Labute approximate surface area is 164 Å². The molecule has 5 nitrogen and oxygen atoms in total. The van der Waals surface area contributed by atoms with Gasteiger partial charge in [-0.25, -0.2) is 4.39 Å². The SMILES string of the molecule is Cc1cccc(OC2C[C@@H]3CN(CC(CO)c4ccc(O)cn4)C[C@@H]3C2)c1F. The predicted octanol–water partition coefficient (Wildman–Crippen LogP) is 3.10. The van der Waals surface area contributed by atoms with Crippen LogP contribution in [-0.4, -0.2) is 52.4 Å². The molecule has 6 heteroatoms. The van der Waals surface area contributed by atoms with Crippen LogP contribution in [0.15, 0.2) is 36.5 Å². The molecule has 4 rings (SSSR count). The second-order valence-electron chi connectivity index (χ2n) is 8.16. The summed E-state index contributed by atoms with van der Waals surface area (Å²) in [6.45, 7) is 4.47. The van der Waals surface area contributed by atoms with Crippen LogP contribution >= 0.6 is 0 Å². The third-order valence-corrected chi connectivity index (χ3v) is 6.12. The lowest BCUT2D eigenvalue weighted by molar-refractivity contribution is 0.170. The third kappa shape index (κ3) is 3.98. The molecule has 2 unspecified atom stereocenters. The van der Waals surface area contributed by atoms with Gasteiger partial charge in [-0.15, -0.1) is 0 Å². The molecule has 4 atom stereocenters. The topological polar surface area (TPSA) is 65.8 Å². The van der Waals surface area contributed by atoms with Crippen molar-refractivity contribution >= 4 is 0 Å². The molecule has 2 fully saturated rings. The van der Waals surface area contributed by atoms with Crippen molar-refractivity contribution in [3.05, 3.63) is 53.6 Å². The van der Waals surface area contributed by atoms with E-state index in [1.54, 1.807) is 31.2 Å². The average Bonchev–Trinajstić information content (AvgIpc) is 3.22. The minimum atomic E-state index is -0.256. The molecular weight excluding hydrogens is 359 g/mol. The van der Waals surface area contributed by atoms with E-state index in [9.17, 15) is 14.6 Å². The number of aromatic nitrogens is 1. The number of aliphatic hydroxyl groups excluding tert-OH is 1. The van der Waals surface area contributed by atoms with Gasteiger partial charge in [-0.1, -0.05) is 12.1 Å². The van der Waals surface area contributed by atoms with Crippen molar-refractivity contribution < 1.29 is 19.3 Å². The zero-order chi connectivity index (χ0) is 19.7. The average molecular weight is 386 g/mol. The van der Waals surface area contributed by atoms with Crippen LogP contribution in [0.25, 0.3) is 0 Å². The minimum absolute atomic E-state index is 0.0297. The first-order valence-corrected chi connectivity index (χ1v) is 9.93. The lowest BCUT2D eigenvalue weighted by atomic mass is 10.0. The normalized spacial score (nSPS) is 25.6. The summed E-state index contributed by atoms with van der Waals surface area (Å²) in [5.41, 5.74) is 1.41. The van der Waals surface area contributed by atoms with Crippen molar-refractivity contribution in [1.29, 1.82) is 0 Å². The number of hydrogen-bond acceptors (Lipinski definition) is 5. The van der Waals surface area contributed by atoms with Gasteiger partial charge in [-0.05, 0) is 55.4 Å². The third-order valence-electron chi connectivity index (χ3n) is 6.12. The Balaban J connectivity index is 1.32. The second-order valence-corrected chi connectivity index (χ2v) is 8.16. The van der Waals surface area contributed by atoms with E-state index in [0.29, 0.717) is 23.1 Å². The van der Waals surface area contributed by atoms with Gasteiger partial charge in [0.15, 0.2) is 11.6 Å². The second kappa shape index (κ2) is 8.05. The number of aromatic hydroxyl groups is 1. The maximum atomic E-state index is 14.2. The molecular formula is C22H27FN2O3. The minimum Gasteiger partial charge on any atom is -0.506 e. The monoisotopic (exact) mass is 386 g/mol. The van der Waals surface area contributed by atoms with Gasteiger partial charge in [0.05, 0.1) is 18.9 Å². The maximum absolute atomic E-state index is 14.2. The molecule has 1 aliphatic heterocycles. The van der Waals surface area contributed by atoms with Gasteiger partial charge in [0, 0.05) is 31.2 Å². The van der Waals surface area contributed by atoms with Crippen molar-refractivity contribution in [2.75, 3.05) is 26.2 Å². The number of nitrogens with zero attached hydrogens (tertiary/aromatic N) is 2. The summed E-state index contributed by atoms with van der Waals surface area (Å²) in [4.78, 5) is 6.63. The summed E-state index contributed by atoms with van der Waals surface area (Å²) in [5, 5.41) is 19.2. The van der Waals surface area contributed by atoms with Gasteiger partial charge in [0.2, 0.25) is 0 Å². The number of pyridine rings is 1. The Kier molecular flexibility index (Phi) is 5.51. The molecule has 0 amide bonds. The lowest BCUT2D eigenvalue weighted by Crippen LogP contribution is -2.30. The standard InChI is InChI=1S/C22H27FN2O3/c1-14-3-2-4-21(22(14)23)28-19-7-15-10-25(11-16(15)8-19)12-17(13-26)20-6-5-18(27)9-24-20/h2-6,9,15-17,19,26-27H,7-8,10-13H2,1H3/t15-,16+,17?,19?. The summed E-state index contributed by atoms with van der Waals surface area (Å²) < 4.78 is 20.2. The Morgan fingerprint density at radius 2 is 1.96 bits per heavy atom. The van der Waals surface area contributed by atoms with Crippen LogP contribution in [0, 0.1) is 24.6 Å². The molecule has 0 bridgehead atoms. The van der Waals surface area contributed by atoms with Gasteiger partial charge in [-0.2, -0.15) is 0 Å². The van der Waals surface area contributed by atoms with Crippen LogP contribution in [0.4, 0.5) is 4.39 Å². The van der Waals surface area contributed by atoms with Gasteiger partial charge in [0.1, 0.15) is 5.75 Å². The highest BCUT2D eigenvalue weighted by atomic mass is 19.1. The first-order chi connectivity index (χ1) is 13.5. The molecule has 1 saturated carbocycles. The number of ether oxygens (including phenoxy) is 1. The zero-order valence-electron chi connectivity index (χ0n) is 16.1. The molecule has 1 aromatic carbocycles. The van der Waals surface area contributed by atoms with E-state index in [0.717, 1.165) is 38.2 Å². The van der Waals surface area contributed by atoms with Crippen molar-refractivity contribution in [3.8, 4) is 11.5 Å².